The third-order valence-electron chi connectivity index (χ3n) is 4.93. The third kappa shape index (κ3) is 3.37. The van der Waals surface area contributed by atoms with E-state index >= 15 is 0 Å². The summed E-state index contributed by atoms with van der Waals surface area (Å²) < 4.78 is 33.1. The van der Waals surface area contributed by atoms with Gasteiger partial charge in [0.2, 0.25) is 5.91 Å². The Morgan fingerprint density at radius 1 is 1.21 bits per heavy atom. The fourth-order valence-electron chi connectivity index (χ4n) is 3.57. The maximum Gasteiger partial charge on any atom is 0.271 e. The Kier molecular flexibility index (Phi) is 4.61. The number of anilines is 2. The topological polar surface area (TPSA) is 93.0 Å². The van der Waals surface area contributed by atoms with Crippen LogP contribution in [0.25, 0.3) is 0 Å². The second kappa shape index (κ2) is 7.12. The standard InChI is InChI=1S/C19H15F2N3O5/c20-11-6-14(21)13-2-1-5-22(15(13)7-11)18(25)9-23-16-8-12(24(27)28)3-4-17(16)29-10-19(23)26/h3-4,6-8H,1-2,5,9-10H2. The Bertz CT molecular complexity index is 1040. The van der Waals surface area contributed by atoms with Crippen LogP contribution in [0, 0.1) is 21.7 Å². The largest absolute Gasteiger partial charge is 0.482 e. The molecule has 2 aliphatic rings. The average Bonchev–Trinajstić information content (AvgIpc) is 2.69. The van der Waals surface area contributed by atoms with Gasteiger partial charge in [-0.2, -0.15) is 0 Å². The van der Waals surface area contributed by atoms with Crippen LogP contribution < -0.4 is 14.5 Å². The van der Waals surface area contributed by atoms with Gasteiger partial charge in [0, 0.05) is 30.3 Å². The molecule has 0 saturated heterocycles. The van der Waals surface area contributed by atoms with Gasteiger partial charge in [0.05, 0.1) is 16.3 Å². The van der Waals surface area contributed by atoms with Gasteiger partial charge in [-0.05, 0) is 25.0 Å². The van der Waals surface area contributed by atoms with Crippen molar-refractivity contribution in [2.24, 2.45) is 0 Å². The highest BCUT2D eigenvalue weighted by atomic mass is 19.1. The highest BCUT2D eigenvalue weighted by molar-refractivity contribution is 6.06. The second-order valence-electron chi connectivity index (χ2n) is 6.71. The van der Waals surface area contributed by atoms with Gasteiger partial charge in [0.15, 0.2) is 6.61 Å². The lowest BCUT2D eigenvalue weighted by Gasteiger charge is -2.33. The zero-order valence-electron chi connectivity index (χ0n) is 15.1. The van der Waals surface area contributed by atoms with E-state index in [9.17, 15) is 28.5 Å². The van der Waals surface area contributed by atoms with Crippen LogP contribution in [0.4, 0.5) is 25.8 Å². The van der Waals surface area contributed by atoms with Gasteiger partial charge in [-0.1, -0.05) is 0 Å². The number of nitro groups is 1. The molecule has 0 saturated carbocycles. The number of benzene rings is 2. The van der Waals surface area contributed by atoms with Gasteiger partial charge >= 0.3 is 0 Å². The summed E-state index contributed by atoms with van der Waals surface area (Å²) in [5.41, 5.74) is 0.229. The monoisotopic (exact) mass is 403 g/mol. The van der Waals surface area contributed by atoms with Crippen LogP contribution in [-0.2, 0) is 16.0 Å². The Labute approximate surface area is 163 Å². The predicted molar refractivity (Wildman–Crippen MR) is 98.0 cm³/mol. The Balaban J connectivity index is 1.66. The van der Waals surface area contributed by atoms with Crippen LogP contribution >= 0.6 is 0 Å². The molecule has 10 heteroatoms. The van der Waals surface area contributed by atoms with Gasteiger partial charge in [0.25, 0.3) is 11.6 Å². The lowest BCUT2D eigenvalue weighted by Crippen LogP contribution is -2.47. The Morgan fingerprint density at radius 2 is 2.00 bits per heavy atom. The fourth-order valence-corrected chi connectivity index (χ4v) is 3.57. The number of fused-ring (bicyclic) bond motifs is 2. The molecule has 2 amide bonds. The number of ether oxygens (including phenoxy) is 1. The van der Waals surface area contributed by atoms with E-state index in [1.54, 1.807) is 0 Å². The van der Waals surface area contributed by atoms with E-state index in [0.29, 0.717) is 12.8 Å². The number of rotatable bonds is 3. The molecule has 29 heavy (non-hydrogen) atoms. The zero-order chi connectivity index (χ0) is 20.7. The molecule has 0 unspecified atom stereocenters. The molecule has 0 aromatic heterocycles. The van der Waals surface area contributed by atoms with E-state index in [2.05, 4.69) is 0 Å². The number of amides is 2. The summed E-state index contributed by atoms with van der Waals surface area (Å²) in [7, 11) is 0. The van der Waals surface area contributed by atoms with Crippen LogP contribution in [0.15, 0.2) is 30.3 Å². The number of non-ortho nitro benzene ring substituents is 1. The number of hydrogen-bond donors (Lipinski definition) is 0. The number of hydrogen-bond acceptors (Lipinski definition) is 5. The Hall–Kier alpha value is -3.56. The van der Waals surface area contributed by atoms with Crippen LogP contribution in [0.3, 0.4) is 0 Å². The molecule has 0 N–H and O–H groups in total. The second-order valence-corrected chi connectivity index (χ2v) is 6.71. The number of nitrogens with zero attached hydrogens (tertiary/aromatic N) is 3. The summed E-state index contributed by atoms with van der Waals surface area (Å²) in [5.74, 6) is -2.39. The van der Waals surface area contributed by atoms with Crippen LogP contribution in [0.2, 0.25) is 0 Å². The van der Waals surface area contributed by atoms with E-state index in [1.807, 2.05) is 0 Å². The van der Waals surface area contributed by atoms with Crippen LogP contribution in [-0.4, -0.2) is 36.4 Å². The Morgan fingerprint density at radius 3 is 2.76 bits per heavy atom. The van der Waals surface area contributed by atoms with Gasteiger partial charge in [0.1, 0.15) is 23.9 Å². The van der Waals surface area contributed by atoms with Crippen molar-refractivity contribution < 1.29 is 28.0 Å². The van der Waals surface area contributed by atoms with Crippen molar-refractivity contribution in [2.45, 2.75) is 12.8 Å². The molecule has 0 bridgehead atoms. The minimum atomic E-state index is -0.802. The smallest absolute Gasteiger partial charge is 0.271 e. The van der Waals surface area contributed by atoms with Crippen molar-refractivity contribution in [3.63, 3.8) is 0 Å². The van der Waals surface area contributed by atoms with E-state index in [1.165, 1.54) is 17.0 Å². The minimum Gasteiger partial charge on any atom is -0.482 e. The van der Waals surface area contributed by atoms with E-state index in [-0.39, 0.29) is 41.5 Å². The summed E-state index contributed by atoms with van der Waals surface area (Å²) in [6.45, 7) is -0.513. The molecule has 2 aromatic rings. The fraction of sp³-hybridized carbons (Fsp3) is 0.263. The number of carbonyl (C=O) groups is 2. The molecule has 2 heterocycles. The van der Waals surface area contributed by atoms with Crippen molar-refractivity contribution in [3.8, 4) is 5.75 Å². The van der Waals surface area contributed by atoms with Crippen molar-refractivity contribution in [3.05, 3.63) is 57.6 Å². The zero-order valence-corrected chi connectivity index (χ0v) is 15.1. The highest BCUT2D eigenvalue weighted by Gasteiger charge is 2.32. The molecule has 4 rings (SSSR count). The first kappa shape index (κ1) is 18.8. The molecule has 0 atom stereocenters. The van der Waals surface area contributed by atoms with E-state index < -0.39 is 34.9 Å². The number of halogens is 2. The van der Waals surface area contributed by atoms with Gasteiger partial charge in [-0.3, -0.25) is 24.6 Å². The van der Waals surface area contributed by atoms with Gasteiger partial charge in [-0.15, -0.1) is 0 Å². The molecule has 0 aliphatic carbocycles. The van der Waals surface area contributed by atoms with Crippen LogP contribution in [0.5, 0.6) is 5.75 Å². The molecule has 2 aromatic carbocycles. The molecule has 0 spiro atoms. The van der Waals surface area contributed by atoms with Crippen LogP contribution in [0.1, 0.15) is 12.0 Å². The molecule has 8 nitrogen and oxygen atoms in total. The number of nitro benzene ring substituents is 1. The summed E-state index contributed by atoms with van der Waals surface area (Å²) >= 11 is 0. The quantitative estimate of drug-likeness (QED) is 0.580. The van der Waals surface area contributed by atoms with Gasteiger partial charge in [-0.25, -0.2) is 8.78 Å². The van der Waals surface area contributed by atoms with Gasteiger partial charge < -0.3 is 9.64 Å². The SMILES string of the molecule is O=C1COc2ccc([N+](=O)[O-])cc2N1CC(=O)N1CCCc2c(F)cc(F)cc21. The first-order valence-electron chi connectivity index (χ1n) is 8.85. The number of carbonyl (C=O) groups excluding carboxylic acids is 2. The molecular weight excluding hydrogens is 388 g/mol. The summed E-state index contributed by atoms with van der Waals surface area (Å²) in [6, 6.07) is 5.62. The van der Waals surface area contributed by atoms with Crippen molar-refractivity contribution in [1.82, 2.24) is 0 Å². The van der Waals surface area contributed by atoms with Crippen molar-refractivity contribution >= 4 is 28.9 Å². The lowest BCUT2D eigenvalue weighted by atomic mass is 10.0. The van der Waals surface area contributed by atoms with Crippen molar-refractivity contribution in [1.29, 1.82) is 0 Å². The molecule has 150 valence electrons. The summed E-state index contributed by atoms with van der Waals surface area (Å²) in [6.07, 6.45) is 0.858. The molecule has 0 fully saturated rings. The maximum atomic E-state index is 14.1. The van der Waals surface area contributed by atoms with E-state index in [0.717, 1.165) is 23.1 Å². The third-order valence-corrected chi connectivity index (χ3v) is 4.93. The van der Waals surface area contributed by atoms with E-state index in [4.69, 9.17) is 4.74 Å². The maximum absolute atomic E-state index is 14.1. The minimum absolute atomic E-state index is 0.103. The molecule has 0 radical (unpaired) electrons. The summed E-state index contributed by atoms with van der Waals surface area (Å²) in [4.78, 5) is 38.1. The normalized spacial score (nSPS) is 15.4. The first-order valence-corrected chi connectivity index (χ1v) is 8.85. The predicted octanol–water partition coefficient (Wildman–Crippen LogP) is 2.58. The molecule has 2 aliphatic heterocycles. The first-order chi connectivity index (χ1) is 13.8. The van der Waals surface area contributed by atoms with Crippen molar-refractivity contribution in [2.75, 3.05) is 29.5 Å². The average molecular weight is 403 g/mol. The molecular formula is C19H15F2N3O5. The highest BCUT2D eigenvalue weighted by Crippen LogP contribution is 2.36. The summed E-state index contributed by atoms with van der Waals surface area (Å²) in [5, 5.41) is 11.1. The lowest BCUT2D eigenvalue weighted by molar-refractivity contribution is -0.384.